The molecule has 8 nitrogen and oxygen atoms in total. The lowest BCUT2D eigenvalue weighted by atomic mass is 9.90. The van der Waals surface area contributed by atoms with Gasteiger partial charge in [0.2, 0.25) is 0 Å². The van der Waals surface area contributed by atoms with Crippen LogP contribution < -0.4 is 5.32 Å². The molecule has 0 aliphatic heterocycles. The fourth-order valence-electron chi connectivity index (χ4n) is 3.35. The number of H-pyrrole nitrogens is 1. The Hall–Kier alpha value is -1.80. The molecule has 0 saturated heterocycles. The molecule has 2 aromatic heterocycles. The van der Waals surface area contributed by atoms with Gasteiger partial charge in [-0.15, -0.1) is 5.10 Å². The van der Waals surface area contributed by atoms with E-state index in [0.717, 1.165) is 24.5 Å². The average molecular weight is 317 g/mol. The molecule has 0 aromatic carbocycles. The Kier molecular flexibility index (Phi) is 4.09. The van der Waals surface area contributed by atoms with Crippen LogP contribution in [0.3, 0.4) is 0 Å². The summed E-state index contributed by atoms with van der Waals surface area (Å²) in [4.78, 5) is 4.57. The van der Waals surface area contributed by atoms with Crippen molar-refractivity contribution in [1.29, 1.82) is 0 Å². The lowest BCUT2D eigenvalue weighted by molar-refractivity contribution is 0.241. The second-order valence-corrected chi connectivity index (χ2v) is 6.60. The van der Waals surface area contributed by atoms with Crippen molar-refractivity contribution in [1.82, 2.24) is 35.5 Å². The van der Waals surface area contributed by atoms with E-state index in [4.69, 9.17) is 5.11 Å². The van der Waals surface area contributed by atoms with Gasteiger partial charge in [-0.2, -0.15) is 5.10 Å². The maximum Gasteiger partial charge on any atom is 0.153 e. The molecule has 0 unspecified atom stereocenters. The van der Waals surface area contributed by atoms with E-state index in [1.54, 1.807) is 0 Å². The third-order valence-electron chi connectivity index (χ3n) is 4.81. The Morgan fingerprint density at radius 2 is 2.13 bits per heavy atom. The standard InChI is InChI=1S/C15H23N7O/c23-9-11-8-22(21-18-11)13-4-2-1-3-12(13)16-7-14-17-15(20-19-14)10-5-6-10/h8,10,12-13,16,23H,1-7,9H2,(H,17,19,20)/t12-,13+/m0/s1. The minimum atomic E-state index is -0.0627. The minimum absolute atomic E-state index is 0.0627. The molecule has 2 aliphatic rings. The van der Waals surface area contributed by atoms with Crippen molar-refractivity contribution in [3.63, 3.8) is 0 Å². The maximum atomic E-state index is 9.17. The lowest BCUT2D eigenvalue weighted by Crippen LogP contribution is -2.40. The van der Waals surface area contributed by atoms with Crippen molar-refractivity contribution in [2.24, 2.45) is 0 Å². The summed E-state index contributed by atoms with van der Waals surface area (Å²) in [5.74, 6) is 2.45. The summed E-state index contributed by atoms with van der Waals surface area (Å²) < 4.78 is 1.90. The third-order valence-corrected chi connectivity index (χ3v) is 4.81. The largest absolute Gasteiger partial charge is 0.390 e. The van der Waals surface area contributed by atoms with Crippen molar-refractivity contribution in [3.8, 4) is 0 Å². The molecular formula is C15H23N7O. The van der Waals surface area contributed by atoms with E-state index in [1.165, 1.54) is 25.7 Å². The molecule has 0 bridgehead atoms. The number of nitrogens with one attached hydrogen (secondary N) is 2. The van der Waals surface area contributed by atoms with Crippen LogP contribution >= 0.6 is 0 Å². The van der Waals surface area contributed by atoms with Gasteiger partial charge in [0.15, 0.2) is 5.82 Å². The van der Waals surface area contributed by atoms with Crippen molar-refractivity contribution in [2.45, 2.75) is 69.7 Å². The first-order valence-electron chi connectivity index (χ1n) is 8.49. The minimum Gasteiger partial charge on any atom is -0.390 e. The molecular weight excluding hydrogens is 294 g/mol. The topological polar surface area (TPSA) is 105 Å². The molecule has 0 spiro atoms. The lowest BCUT2D eigenvalue weighted by Gasteiger charge is -2.31. The van der Waals surface area contributed by atoms with Crippen LogP contribution in [0.15, 0.2) is 6.20 Å². The number of aliphatic hydroxyl groups is 1. The number of aromatic nitrogens is 6. The van der Waals surface area contributed by atoms with Crippen LogP contribution in [0.25, 0.3) is 0 Å². The summed E-state index contributed by atoms with van der Waals surface area (Å²) in [6.45, 7) is 0.634. The van der Waals surface area contributed by atoms with Gasteiger partial charge < -0.3 is 10.4 Å². The summed E-state index contributed by atoms with van der Waals surface area (Å²) in [5.41, 5.74) is 0.624. The van der Waals surface area contributed by atoms with Gasteiger partial charge in [0, 0.05) is 12.0 Å². The molecule has 2 aliphatic carbocycles. The molecule has 2 saturated carbocycles. The first-order chi connectivity index (χ1) is 11.3. The number of hydrogen-bond acceptors (Lipinski definition) is 6. The first-order valence-corrected chi connectivity index (χ1v) is 8.49. The Morgan fingerprint density at radius 1 is 1.26 bits per heavy atom. The molecule has 8 heteroatoms. The summed E-state index contributed by atoms with van der Waals surface area (Å²) >= 11 is 0. The predicted octanol–water partition coefficient (Wildman–Crippen LogP) is 1.04. The normalized spacial score (nSPS) is 24.9. The first kappa shape index (κ1) is 14.8. The zero-order valence-corrected chi connectivity index (χ0v) is 13.1. The highest BCUT2D eigenvalue weighted by atomic mass is 16.3. The van der Waals surface area contributed by atoms with Crippen LogP contribution in [0.2, 0.25) is 0 Å². The van der Waals surface area contributed by atoms with E-state index in [-0.39, 0.29) is 12.6 Å². The van der Waals surface area contributed by atoms with Crippen LogP contribution in [0.1, 0.15) is 67.8 Å². The van der Waals surface area contributed by atoms with Gasteiger partial charge in [-0.05, 0) is 25.7 Å². The number of aliphatic hydroxyl groups excluding tert-OH is 1. The van der Waals surface area contributed by atoms with Gasteiger partial charge in [-0.3, -0.25) is 5.10 Å². The summed E-state index contributed by atoms with van der Waals surface area (Å²) in [6, 6.07) is 0.619. The van der Waals surface area contributed by atoms with E-state index in [0.29, 0.717) is 24.2 Å². The molecule has 124 valence electrons. The Bertz CT molecular complexity index is 648. The van der Waals surface area contributed by atoms with Gasteiger partial charge in [0.05, 0.1) is 25.4 Å². The van der Waals surface area contributed by atoms with Crippen LogP contribution in [-0.2, 0) is 13.2 Å². The zero-order chi connectivity index (χ0) is 15.6. The summed E-state index contributed by atoms with van der Waals surface area (Å²) in [7, 11) is 0. The fourth-order valence-corrected chi connectivity index (χ4v) is 3.35. The van der Waals surface area contributed by atoms with Crippen molar-refractivity contribution in [3.05, 3.63) is 23.5 Å². The Balaban J connectivity index is 1.40. The number of rotatable bonds is 6. The number of hydrogen-bond donors (Lipinski definition) is 3. The van der Waals surface area contributed by atoms with Gasteiger partial charge in [-0.1, -0.05) is 18.1 Å². The van der Waals surface area contributed by atoms with Crippen molar-refractivity contribution < 1.29 is 5.11 Å². The van der Waals surface area contributed by atoms with Crippen LogP contribution in [0.4, 0.5) is 0 Å². The van der Waals surface area contributed by atoms with E-state index in [2.05, 4.69) is 30.8 Å². The summed E-state index contributed by atoms with van der Waals surface area (Å²) in [6.07, 6.45) is 8.90. The molecule has 0 radical (unpaired) electrons. The van der Waals surface area contributed by atoms with Crippen LogP contribution in [0, 0.1) is 0 Å². The second-order valence-electron chi connectivity index (χ2n) is 6.60. The number of nitrogens with zero attached hydrogens (tertiary/aromatic N) is 5. The number of aromatic amines is 1. The monoisotopic (exact) mass is 317 g/mol. The van der Waals surface area contributed by atoms with Gasteiger partial charge in [-0.25, -0.2) is 9.67 Å². The molecule has 23 heavy (non-hydrogen) atoms. The smallest absolute Gasteiger partial charge is 0.153 e. The van der Waals surface area contributed by atoms with Crippen molar-refractivity contribution >= 4 is 0 Å². The van der Waals surface area contributed by atoms with Crippen LogP contribution in [-0.4, -0.2) is 41.3 Å². The molecule has 2 fully saturated rings. The predicted molar refractivity (Wildman–Crippen MR) is 82.4 cm³/mol. The second kappa shape index (κ2) is 6.37. The van der Waals surface area contributed by atoms with Gasteiger partial charge in [0.1, 0.15) is 11.5 Å². The van der Waals surface area contributed by atoms with E-state index >= 15 is 0 Å². The van der Waals surface area contributed by atoms with E-state index < -0.39 is 0 Å². The van der Waals surface area contributed by atoms with E-state index in [1.807, 2.05) is 10.9 Å². The SMILES string of the molecule is OCc1cn([C@@H]2CCCC[C@@H]2NCc2nc(C3CC3)n[nH]2)nn1. The summed E-state index contributed by atoms with van der Waals surface area (Å²) in [5, 5.41) is 28.3. The van der Waals surface area contributed by atoms with Crippen molar-refractivity contribution in [2.75, 3.05) is 0 Å². The quantitative estimate of drug-likeness (QED) is 0.735. The van der Waals surface area contributed by atoms with Crippen LogP contribution in [0.5, 0.6) is 0 Å². The molecule has 2 heterocycles. The highest BCUT2D eigenvalue weighted by Gasteiger charge is 2.29. The zero-order valence-electron chi connectivity index (χ0n) is 13.1. The molecule has 4 rings (SSSR count). The Labute approximate surface area is 134 Å². The molecule has 3 N–H and O–H groups in total. The van der Waals surface area contributed by atoms with Gasteiger partial charge in [0.25, 0.3) is 0 Å². The Morgan fingerprint density at radius 3 is 2.91 bits per heavy atom. The maximum absolute atomic E-state index is 9.17. The fraction of sp³-hybridized carbons (Fsp3) is 0.733. The van der Waals surface area contributed by atoms with E-state index in [9.17, 15) is 0 Å². The molecule has 2 aromatic rings. The molecule has 0 amide bonds. The van der Waals surface area contributed by atoms with Gasteiger partial charge >= 0.3 is 0 Å². The molecule has 2 atom stereocenters. The highest BCUT2D eigenvalue weighted by molar-refractivity contribution is 5.05. The highest BCUT2D eigenvalue weighted by Crippen LogP contribution is 2.37. The average Bonchev–Trinajstić information content (AvgIpc) is 3.14. The third kappa shape index (κ3) is 3.28.